The quantitative estimate of drug-likeness (QED) is 0.0599. The number of ether oxygens (including phenoxy) is 4. The normalized spacial score (nSPS) is 21.2. The van der Waals surface area contributed by atoms with E-state index in [2.05, 4.69) is 39.2 Å². The Morgan fingerprint density at radius 2 is 1.54 bits per heavy atom. The molecule has 2 saturated heterocycles. The molecule has 1 spiro atoms. The van der Waals surface area contributed by atoms with Crippen LogP contribution < -0.4 is 15.0 Å². The van der Waals surface area contributed by atoms with Gasteiger partial charge >= 0.3 is 12.1 Å². The number of aliphatic hydroxyl groups excluding tert-OH is 1. The third-order valence-corrected chi connectivity index (χ3v) is 13.3. The molecule has 9 rings (SSSR count). The molecule has 3 amide bonds. The lowest BCUT2D eigenvalue weighted by Crippen LogP contribution is -2.56. The zero-order valence-corrected chi connectivity index (χ0v) is 39.6. The SMILES string of the molecule is COCCOC(=O)N1C(=O)C2(c3cc(C#CCN(C)Cc4ccccc4)ccc31)C(C(=O)NCCc1ccccn1)C1C(=O)OC(c3ccccc3)C(c3ccccc3)N1C2c1ccccc1OCCO. The summed E-state index contributed by atoms with van der Waals surface area (Å²) in [7, 11) is 3.45. The van der Waals surface area contributed by atoms with Crippen LogP contribution in [0, 0.1) is 17.8 Å². The van der Waals surface area contributed by atoms with Crippen molar-refractivity contribution in [1.29, 1.82) is 0 Å². The van der Waals surface area contributed by atoms with E-state index in [-0.39, 0.29) is 44.2 Å². The Balaban J connectivity index is 1.29. The first-order valence-corrected chi connectivity index (χ1v) is 23.7. The fourth-order valence-corrected chi connectivity index (χ4v) is 10.4. The number of carbonyl (C=O) groups is 4. The van der Waals surface area contributed by atoms with Crippen molar-refractivity contribution in [3.63, 3.8) is 0 Å². The summed E-state index contributed by atoms with van der Waals surface area (Å²) < 4.78 is 23.9. The number of esters is 1. The Hall–Kier alpha value is -7.67. The molecule has 3 aliphatic rings. The second kappa shape index (κ2) is 22.0. The van der Waals surface area contributed by atoms with Gasteiger partial charge in [-0.25, -0.2) is 9.69 Å². The van der Waals surface area contributed by atoms with Crippen molar-refractivity contribution in [2.24, 2.45) is 5.92 Å². The van der Waals surface area contributed by atoms with Crippen LogP contribution in [0.15, 0.2) is 158 Å². The minimum atomic E-state index is -2.08. The number of morpholine rings is 1. The summed E-state index contributed by atoms with van der Waals surface area (Å²) in [4.78, 5) is 71.8. The Bertz CT molecular complexity index is 2900. The van der Waals surface area contributed by atoms with Gasteiger partial charge in [0.15, 0.2) is 0 Å². The van der Waals surface area contributed by atoms with Crippen molar-refractivity contribution >= 4 is 29.6 Å². The van der Waals surface area contributed by atoms with Crippen LogP contribution in [0.5, 0.6) is 5.75 Å². The molecule has 0 aliphatic carbocycles. The molecule has 6 atom stereocenters. The number of rotatable bonds is 16. The lowest BCUT2D eigenvalue weighted by atomic mass is 9.65. The summed E-state index contributed by atoms with van der Waals surface area (Å²) in [6.45, 7) is 0.623. The fourth-order valence-electron chi connectivity index (χ4n) is 10.4. The highest BCUT2D eigenvalue weighted by atomic mass is 16.6. The van der Waals surface area contributed by atoms with Crippen LogP contribution in [0.2, 0.25) is 0 Å². The zero-order valence-electron chi connectivity index (χ0n) is 39.6. The van der Waals surface area contributed by atoms with Crippen LogP contribution in [0.4, 0.5) is 10.5 Å². The highest BCUT2D eigenvalue weighted by Crippen LogP contribution is 2.66. The zero-order chi connectivity index (χ0) is 49.3. The minimum absolute atomic E-state index is 0.0554. The van der Waals surface area contributed by atoms with Gasteiger partial charge in [0.2, 0.25) is 11.8 Å². The largest absolute Gasteiger partial charge is 0.491 e. The number of para-hydroxylation sites is 1. The summed E-state index contributed by atoms with van der Waals surface area (Å²) in [5.41, 5.74) is 2.59. The molecule has 6 aromatic rings. The van der Waals surface area contributed by atoms with E-state index in [1.807, 2.05) is 103 Å². The Morgan fingerprint density at radius 1 is 0.831 bits per heavy atom. The van der Waals surface area contributed by atoms with Gasteiger partial charge in [0.1, 0.15) is 36.5 Å². The van der Waals surface area contributed by atoms with Gasteiger partial charge in [-0.3, -0.25) is 29.2 Å². The molecule has 0 radical (unpaired) electrons. The van der Waals surface area contributed by atoms with Gasteiger partial charge in [0.25, 0.3) is 0 Å². The summed E-state index contributed by atoms with van der Waals surface area (Å²) in [6.07, 6.45) is 0.0900. The number of hydrogen-bond acceptors (Lipinski definition) is 12. The van der Waals surface area contributed by atoms with Gasteiger partial charge in [-0.15, -0.1) is 0 Å². The first-order chi connectivity index (χ1) is 34.8. The van der Waals surface area contributed by atoms with E-state index in [0.717, 1.165) is 21.7 Å². The number of aliphatic hydroxyl groups is 1. The summed E-state index contributed by atoms with van der Waals surface area (Å²) >= 11 is 0. The maximum absolute atomic E-state index is 16.5. The number of hydrogen-bond donors (Lipinski definition) is 2. The molecule has 3 aliphatic heterocycles. The summed E-state index contributed by atoms with van der Waals surface area (Å²) in [6, 6.07) is 43.2. The number of anilines is 1. The van der Waals surface area contributed by atoms with E-state index in [1.165, 1.54) is 7.11 Å². The average Bonchev–Trinajstić information content (AvgIpc) is 3.85. The third-order valence-electron chi connectivity index (χ3n) is 13.3. The van der Waals surface area contributed by atoms with Crippen LogP contribution in [0.1, 0.15) is 57.3 Å². The van der Waals surface area contributed by atoms with Crippen molar-refractivity contribution in [2.45, 2.75) is 42.6 Å². The van der Waals surface area contributed by atoms with Gasteiger partial charge in [-0.1, -0.05) is 127 Å². The highest BCUT2D eigenvalue weighted by Gasteiger charge is 2.76. The average molecular weight is 954 g/mol. The predicted molar refractivity (Wildman–Crippen MR) is 265 cm³/mol. The molecule has 1 aromatic heterocycles. The van der Waals surface area contributed by atoms with Gasteiger partial charge in [-0.2, -0.15) is 0 Å². The maximum atomic E-state index is 16.5. The number of cyclic esters (lactones) is 1. The van der Waals surface area contributed by atoms with Gasteiger partial charge in [-0.05, 0) is 65.7 Å². The van der Waals surface area contributed by atoms with Crippen molar-refractivity contribution in [3.05, 3.63) is 197 Å². The van der Waals surface area contributed by atoms with Crippen molar-refractivity contribution in [2.75, 3.05) is 58.6 Å². The molecule has 0 bridgehead atoms. The summed E-state index contributed by atoms with van der Waals surface area (Å²) in [5, 5.41) is 13.2. The van der Waals surface area contributed by atoms with Crippen LogP contribution in [0.3, 0.4) is 0 Å². The number of aromatic nitrogens is 1. The number of benzene rings is 5. The van der Waals surface area contributed by atoms with Crippen molar-refractivity contribution in [1.82, 2.24) is 20.1 Å². The van der Waals surface area contributed by atoms with Gasteiger partial charge < -0.3 is 29.4 Å². The number of amides is 3. The molecule has 2 N–H and O–H groups in total. The molecular formula is C57H55N5O9. The molecule has 5 aromatic carbocycles. The van der Waals surface area contributed by atoms with E-state index >= 15 is 14.4 Å². The lowest BCUT2D eigenvalue weighted by molar-refractivity contribution is -0.178. The fraction of sp³-hybridized carbons (Fsp3) is 0.281. The Morgan fingerprint density at radius 3 is 2.25 bits per heavy atom. The number of pyridine rings is 1. The van der Waals surface area contributed by atoms with Gasteiger partial charge in [0.05, 0.1) is 43.4 Å². The minimum Gasteiger partial charge on any atom is -0.491 e. The lowest BCUT2D eigenvalue weighted by Gasteiger charge is -2.46. The van der Waals surface area contributed by atoms with Crippen LogP contribution in [-0.2, 0) is 47.0 Å². The molecule has 2 fully saturated rings. The van der Waals surface area contributed by atoms with E-state index in [4.69, 9.17) is 18.9 Å². The number of methoxy groups -OCH3 is 1. The Kier molecular flexibility index (Phi) is 15.0. The second-order valence-corrected chi connectivity index (χ2v) is 17.7. The van der Waals surface area contributed by atoms with Crippen LogP contribution in [-0.4, -0.2) is 103 Å². The van der Waals surface area contributed by atoms with Crippen molar-refractivity contribution < 1.29 is 43.2 Å². The molecular weight excluding hydrogens is 899 g/mol. The second-order valence-electron chi connectivity index (χ2n) is 17.7. The number of imide groups is 1. The van der Waals surface area contributed by atoms with Crippen LogP contribution >= 0.6 is 0 Å². The third kappa shape index (κ3) is 9.65. The van der Waals surface area contributed by atoms with E-state index in [9.17, 15) is 9.90 Å². The number of fused-ring (bicyclic) bond motifs is 3. The van der Waals surface area contributed by atoms with Crippen LogP contribution in [0.25, 0.3) is 0 Å². The number of nitrogens with zero attached hydrogens (tertiary/aromatic N) is 4. The van der Waals surface area contributed by atoms with E-state index < -0.39 is 59.4 Å². The standard InChI is InChI=1S/C57H55N5O9/c1-60(38-40-17-6-3-7-18-40)32-16-19-39-27-28-46-45(37-39)57(55(66)61(46)56(67)70-36-35-68-2)48(53(64)59-31-29-43-24-14-15-30-58-43)50-54(65)71-51(42-22-10-5-11-23-42)49(41-20-8-4-9-21-41)62(50)52(57)44-25-12-13-26-47(44)69-34-33-63/h3-15,17-18,20-28,30,37,48-52,63H,29,31-36,38H2,1-2H3,(H,59,64). The number of carbonyl (C=O) groups excluding carboxylic acids is 4. The number of nitrogens with one attached hydrogen (secondary N) is 1. The Labute approximate surface area is 413 Å². The van der Waals surface area contributed by atoms with Gasteiger partial charge in [0, 0.05) is 49.6 Å². The monoisotopic (exact) mass is 953 g/mol. The van der Waals surface area contributed by atoms with E-state index in [1.54, 1.807) is 54.7 Å². The first-order valence-electron chi connectivity index (χ1n) is 23.7. The summed E-state index contributed by atoms with van der Waals surface area (Å²) in [5.74, 6) is 3.20. The predicted octanol–water partition coefficient (Wildman–Crippen LogP) is 6.74. The molecule has 0 saturated carbocycles. The van der Waals surface area contributed by atoms with E-state index in [0.29, 0.717) is 42.0 Å². The topological polar surface area (TPSA) is 160 Å². The molecule has 14 heteroatoms. The molecule has 71 heavy (non-hydrogen) atoms. The molecule has 14 nitrogen and oxygen atoms in total. The maximum Gasteiger partial charge on any atom is 0.421 e. The first kappa shape index (κ1) is 48.4. The smallest absolute Gasteiger partial charge is 0.421 e. The highest BCUT2D eigenvalue weighted by molar-refractivity contribution is 6.23. The molecule has 362 valence electrons. The van der Waals surface area contributed by atoms with Crippen molar-refractivity contribution in [3.8, 4) is 17.6 Å². The molecule has 6 unspecified atom stereocenters. The molecule has 4 heterocycles.